The molecule has 0 atom stereocenters. The zero-order valence-corrected chi connectivity index (χ0v) is 16.2. The van der Waals surface area contributed by atoms with Crippen LogP contribution in [-0.2, 0) is 11.2 Å². The second-order valence-electron chi connectivity index (χ2n) is 6.79. The van der Waals surface area contributed by atoms with E-state index in [1.54, 1.807) is 7.11 Å². The van der Waals surface area contributed by atoms with Gasteiger partial charge in [-0.25, -0.2) is 0 Å². The molecule has 142 valence electrons. The van der Waals surface area contributed by atoms with E-state index in [0.717, 1.165) is 70.3 Å². The smallest absolute Gasteiger partial charge is 0.222 e. The third-order valence-corrected chi connectivity index (χ3v) is 5.01. The van der Waals surface area contributed by atoms with Gasteiger partial charge in [0.05, 0.1) is 7.11 Å². The number of halogens is 1. The number of hydrogen-bond donors (Lipinski definition) is 1. The first-order valence-electron chi connectivity index (χ1n) is 9.34. The van der Waals surface area contributed by atoms with Crippen LogP contribution in [0.25, 0.3) is 0 Å². The number of likely N-dealkylation sites (tertiary alicyclic amines) is 1. The predicted octanol–water partition coefficient (Wildman–Crippen LogP) is 3.81. The summed E-state index contributed by atoms with van der Waals surface area (Å²) >= 11 is 0. The molecule has 0 spiro atoms. The molecule has 0 unspecified atom stereocenters. The third kappa shape index (κ3) is 7.25. The molecule has 1 fully saturated rings. The first-order chi connectivity index (χ1) is 11.7. The highest BCUT2D eigenvalue weighted by molar-refractivity contribution is 5.85. The van der Waals surface area contributed by atoms with Crippen LogP contribution >= 0.6 is 12.4 Å². The van der Waals surface area contributed by atoms with Crippen LogP contribution in [0.5, 0.6) is 5.75 Å². The van der Waals surface area contributed by atoms with Gasteiger partial charge >= 0.3 is 0 Å². The van der Waals surface area contributed by atoms with Crippen molar-refractivity contribution in [3.63, 3.8) is 0 Å². The molecule has 0 aliphatic carbocycles. The molecular formula is C20H33ClN2O2. The van der Waals surface area contributed by atoms with E-state index in [2.05, 4.69) is 17.0 Å². The van der Waals surface area contributed by atoms with Crippen molar-refractivity contribution in [3.05, 3.63) is 29.8 Å². The van der Waals surface area contributed by atoms with Crippen molar-refractivity contribution in [1.82, 2.24) is 4.90 Å². The maximum Gasteiger partial charge on any atom is 0.222 e. The molecule has 25 heavy (non-hydrogen) atoms. The average Bonchev–Trinajstić information content (AvgIpc) is 2.62. The van der Waals surface area contributed by atoms with E-state index in [0.29, 0.717) is 18.2 Å². The van der Waals surface area contributed by atoms with Gasteiger partial charge in [0.2, 0.25) is 5.91 Å². The van der Waals surface area contributed by atoms with Gasteiger partial charge in [-0.15, -0.1) is 12.4 Å². The minimum Gasteiger partial charge on any atom is -0.496 e. The fourth-order valence-electron chi connectivity index (χ4n) is 3.50. The summed E-state index contributed by atoms with van der Waals surface area (Å²) in [7, 11) is 1.73. The van der Waals surface area contributed by atoms with Gasteiger partial charge in [-0.1, -0.05) is 31.0 Å². The van der Waals surface area contributed by atoms with Crippen molar-refractivity contribution in [2.45, 2.75) is 51.4 Å². The van der Waals surface area contributed by atoms with E-state index in [1.165, 1.54) is 5.56 Å². The van der Waals surface area contributed by atoms with Crippen LogP contribution in [0.4, 0.5) is 0 Å². The summed E-state index contributed by atoms with van der Waals surface area (Å²) in [5.74, 6) is 1.96. The highest BCUT2D eigenvalue weighted by atomic mass is 35.5. The Hall–Kier alpha value is -1.26. The maximum absolute atomic E-state index is 12.3. The summed E-state index contributed by atoms with van der Waals surface area (Å²) in [6.45, 7) is 2.57. The second kappa shape index (κ2) is 12.2. The molecule has 5 heteroatoms. The minimum absolute atomic E-state index is 0. The number of rotatable bonds is 9. The van der Waals surface area contributed by atoms with Gasteiger partial charge in [0.1, 0.15) is 5.75 Å². The summed E-state index contributed by atoms with van der Waals surface area (Å²) in [6, 6.07) is 8.26. The largest absolute Gasteiger partial charge is 0.496 e. The number of nitrogens with zero attached hydrogens (tertiary/aromatic N) is 1. The van der Waals surface area contributed by atoms with Crippen LogP contribution in [-0.4, -0.2) is 37.6 Å². The molecule has 1 aromatic rings. The van der Waals surface area contributed by atoms with E-state index in [1.807, 2.05) is 12.1 Å². The summed E-state index contributed by atoms with van der Waals surface area (Å²) in [6.07, 6.45) is 8.27. The zero-order chi connectivity index (χ0) is 17.2. The number of methoxy groups -OCH3 is 1. The van der Waals surface area contributed by atoms with Crippen LogP contribution in [0.2, 0.25) is 0 Å². The molecule has 1 amide bonds. The fourth-order valence-corrected chi connectivity index (χ4v) is 3.50. The summed E-state index contributed by atoms with van der Waals surface area (Å²) in [4.78, 5) is 14.3. The molecule has 4 nitrogen and oxygen atoms in total. The first-order valence-corrected chi connectivity index (χ1v) is 9.34. The lowest BCUT2D eigenvalue weighted by atomic mass is 9.89. The Kier molecular flexibility index (Phi) is 10.6. The molecule has 1 aliphatic heterocycles. The Labute approximate surface area is 158 Å². The third-order valence-electron chi connectivity index (χ3n) is 5.01. The highest BCUT2D eigenvalue weighted by Gasteiger charge is 2.23. The number of unbranched alkanes of at least 4 members (excludes halogenated alkanes) is 3. The van der Waals surface area contributed by atoms with Crippen LogP contribution in [0, 0.1) is 5.92 Å². The van der Waals surface area contributed by atoms with Crippen molar-refractivity contribution >= 4 is 18.3 Å². The molecule has 0 radical (unpaired) electrons. The standard InChI is InChI=1S/C20H32N2O2.ClH/c1-24-19-9-6-5-8-18(19)16-17-11-14-22(15-12-17)20(23)10-4-2-3-7-13-21;/h5-6,8-9,17H,2-4,7,10-16,21H2,1H3;1H. The van der Waals surface area contributed by atoms with E-state index in [9.17, 15) is 4.79 Å². The Morgan fingerprint density at radius 3 is 2.52 bits per heavy atom. The second-order valence-corrected chi connectivity index (χ2v) is 6.79. The lowest BCUT2D eigenvalue weighted by molar-refractivity contribution is -0.132. The van der Waals surface area contributed by atoms with Gasteiger partial charge in [0.25, 0.3) is 0 Å². The average molecular weight is 369 g/mol. The van der Waals surface area contributed by atoms with Crippen molar-refractivity contribution in [2.75, 3.05) is 26.7 Å². The van der Waals surface area contributed by atoms with Gasteiger partial charge in [-0.3, -0.25) is 4.79 Å². The number of carbonyl (C=O) groups is 1. The summed E-state index contributed by atoms with van der Waals surface area (Å²) in [5, 5.41) is 0. The van der Waals surface area contributed by atoms with Gasteiger partial charge in [0, 0.05) is 19.5 Å². The number of benzene rings is 1. The van der Waals surface area contributed by atoms with Crippen molar-refractivity contribution < 1.29 is 9.53 Å². The number of ether oxygens (including phenoxy) is 1. The maximum atomic E-state index is 12.3. The number of carbonyl (C=O) groups excluding carboxylic acids is 1. The number of nitrogens with two attached hydrogens (primary N) is 1. The van der Waals surface area contributed by atoms with Gasteiger partial charge in [-0.2, -0.15) is 0 Å². The molecule has 1 heterocycles. The van der Waals surface area contributed by atoms with Crippen LogP contribution in [0.3, 0.4) is 0 Å². The topological polar surface area (TPSA) is 55.6 Å². The van der Waals surface area contributed by atoms with E-state index in [-0.39, 0.29) is 12.4 Å². The minimum atomic E-state index is 0. The van der Waals surface area contributed by atoms with Crippen LogP contribution in [0.15, 0.2) is 24.3 Å². The lowest BCUT2D eigenvalue weighted by Crippen LogP contribution is -2.38. The monoisotopic (exact) mass is 368 g/mol. The lowest BCUT2D eigenvalue weighted by Gasteiger charge is -2.32. The quantitative estimate of drug-likeness (QED) is 0.674. The molecule has 2 N–H and O–H groups in total. The highest BCUT2D eigenvalue weighted by Crippen LogP contribution is 2.27. The van der Waals surface area contributed by atoms with Gasteiger partial charge in [-0.05, 0) is 56.2 Å². The molecule has 0 bridgehead atoms. The SMILES string of the molecule is COc1ccccc1CC1CCN(C(=O)CCCCCCN)CC1.Cl. The normalized spacial score (nSPS) is 14.9. The Bertz CT molecular complexity index is 502. The van der Waals surface area contributed by atoms with Gasteiger partial charge < -0.3 is 15.4 Å². The molecule has 2 rings (SSSR count). The molecule has 1 aliphatic rings. The van der Waals surface area contributed by atoms with Crippen LogP contribution < -0.4 is 10.5 Å². The van der Waals surface area contributed by atoms with Crippen molar-refractivity contribution in [3.8, 4) is 5.75 Å². The Morgan fingerprint density at radius 2 is 1.84 bits per heavy atom. The molecular weight excluding hydrogens is 336 g/mol. The number of hydrogen-bond acceptors (Lipinski definition) is 3. The molecule has 1 saturated heterocycles. The number of piperidine rings is 1. The van der Waals surface area contributed by atoms with Crippen LogP contribution in [0.1, 0.15) is 50.5 Å². The Balaban J connectivity index is 0.00000312. The molecule has 0 aromatic heterocycles. The zero-order valence-electron chi connectivity index (χ0n) is 15.4. The first kappa shape index (κ1) is 21.8. The summed E-state index contributed by atoms with van der Waals surface area (Å²) in [5.41, 5.74) is 6.77. The number of para-hydroxylation sites is 1. The van der Waals surface area contributed by atoms with Crippen molar-refractivity contribution in [1.29, 1.82) is 0 Å². The number of amides is 1. The van der Waals surface area contributed by atoms with Gasteiger partial charge in [0.15, 0.2) is 0 Å². The van der Waals surface area contributed by atoms with Crippen molar-refractivity contribution in [2.24, 2.45) is 11.7 Å². The van der Waals surface area contributed by atoms with E-state index < -0.39 is 0 Å². The predicted molar refractivity (Wildman–Crippen MR) is 105 cm³/mol. The fraction of sp³-hybridized carbons (Fsp3) is 0.650. The van der Waals surface area contributed by atoms with E-state index >= 15 is 0 Å². The summed E-state index contributed by atoms with van der Waals surface area (Å²) < 4.78 is 5.45. The molecule has 1 aromatic carbocycles. The van der Waals surface area contributed by atoms with E-state index in [4.69, 9.17) is 10.5 Å². The molecule has 0 saturated carbocycles. The Morgan fingerprint density at radius 1 is 1.16 bits per heavy atom.